The first-order valence-electron chi connectivity index (χ1n) is 9.12. The number of carbonyl (C=O) groups is 1. The van der Waals surface area contributed by atoms with E-state index in [1.807, 2.05) is 53.2 Å². The fraction of sp³-hybridized carbons (Fsp3) is 0.238. The summed E-state index contributed by atoms with van der Waals surface area (Å²) in [7, 11) is 0. The van der Waals surface area contributed by atoms with Crippen LogP contribution in [0.1, 0.15) is 23.2 Å². The van der Waals surface area contributed by atoms with Crippen LogP contribution in [0.2, 0.25) is 0 Å². The van der Waals surface area contributed by atoms with Gasteiger partial charge in [0.25, 0.3) is 0 Å². The second-order valence-corrected chi connectivity index (χ2v) is 6.79. The molecule has 136 valence electrons. The van der Waals surface area contributed by atoms with Crippen LogP contribution in [0.4, 0.5) is 5.82 Å². The summed E-state index contributed by atoms with van der Waals surface area (Å²) < 4.78 is 12.6. The Labute approximate surface area is 156 Å². The Balaban J connectivity index is 1.41. The van der Waals surface area contributed by atoms with Crippen molar-refractivity contribution in [2.45, 2.75) is 25.7 Å². The summed E-state index contributed by atoms with van der Waals surface area (Å²) in [6.45, 7) is 0.230. The highest BCUT2D eigenvalue weighted by Gasteiger charge is 2.24. The fourth-order valence-electron chi connectivity index (χ4n) is 3.69. The topological polar surface area (TPSA) is 65.4 Å². The number of ether oxygens (including phenoxy) is 2. The lowest BCUT2D eigenvalue weighted by Crippen LogP contribution is -2.18. The number of carbonyl (C=O) groups excluding carboxylic acids is 1. The molecule has 0 unspecified atom stereocenters. The summed E-state index contributed by atoms with van der Waals surface area (Å²) in [5.74, 6) is 2.13. The van der Waals surface area contributed by atoms with Gasteiger partial charge in [0.2, 0.25) is 12.7 Å². The van der Waals surface area contributed by atoms with E-state index < -0.39 is 0 Å². The Morgan fingerprint density at radius 1 is 1.07 bits per heavy atom. The summed E-state index contributed by atoms with van der Waals surface area (Å²) in [4.78, 5) is 12.7. The van der Waals surface area contributed by atoms with Crippen LogP contribution in [0.25, 0.3) is 5.69 Å². The van der Waals surface area contributed by atoms with Crippen molar-refractivity contribution in [2.24, 2.45) is 0 Å². The first-order chi connectivity index (χ1) is 13.3. The Kier molecular flexibility index (Phi) is 3.81. The molecule has 1 amide bonds. The Hall–Kier alpha value is -3.28. The number of aryl methyl sites for hydroxylation is 1. The molecule has 0 saturated heterocycles. The van der Waals surface area contributed by atoms with Gasteiger partial charge in [0.05, 0.1) is 17.8 Å². The predicted molar refractivity (Wildman–Crippen MR) is 100 cm³/mol. The second kappa shape index (κ2) is 6.46. The molecule has 2 heterocycles. The fourth-order valence-corrected chi connectivity index (χ4v) is 3.69. The smallest absolute Gasteiger partial charge is 0.231 e. The molecular formula is C21H19N3O3. The van der Waals surface area contributed by atoms with Gasteiger partial charge >= 0.3 is 0 Å². The zero-order valence-corrected chi connectivity index (χ0v) is 14.8. The Morgan fingerprint density at radius 3 is 2.81 bits per heavy atom. The molecule has 0 spiro atoms. The number of para-hydroxylation sites is 1. The summed E-state index contributed by atoms with van der Waals surface area (Å²) in [6, 6.07) is 15.5. The molecule has 6 nitrogen and oxygen atoms in total. The van der Waals surface area contributed by atoms with Crippen molar-refractivity contribution in [1.82, 2.24) is 9.78 Å². The summed E-state index contributed by atoms with van der Waals surface area (Å²) in [5, 5.41) is 7.83. The quantitative estimate of drug-likeness (QED) is 0.775. The number of nitrogens with zero attached hydrogens (tertiary/aromatic N) is 2. The van der Waals surface area contributed by atoms with Crippen LogP contribution in [0.3, 0.4) is 0 Å². The van der Waals surface area contributed by atoms with Gasteiger partial charge in [-0.2, -0.15) is 5.10 Å². The van der Waals surface area contributed by atoms with Crippen molar-refractivity contribution in [3.8, 4) is 17.2 Å². The molecule has 6 heteroatoms. The van der Waals surface area contributed by atoms with E-state index >= 15 is 0 Å². The molecule has 0 atom stereocenters. The van der Waals surface area contributed by atoms with Gasteiger partial charge in [-0.15, -0.1) is 0 Å². The zero-order valence-electron chi connectivity index (χ0n) is 14.8. The minimum Gasteiger partial charge on any atom is -0.454 e. The van der Waals surface area contributed by atoms with Crippen LogP contribution < -0.4 is 14.8 Å². The standard InChI is InChI=1S/C21H19N3O3/c25-20(12-14-9-10-18-19(11-14)27-13-26-18)22-21-16-7-4-8-17(16)23-24(21)15-5-2-1-3-6-15/h1-3,5-6,9-11H,4,7-8,12-13H2,(H,22,25). The highest BCUT2D eigenvalue weighted by atomic mass is 16.7. The second-order valence-electron chi connectivity index (χ2n) is 6.79. The van der Waals surface area contributed by atoms with E-state index in [4.69, 9.17) is 14.6 Å². The number of benzene rings is 2. The van der Waals surface area contributed by atoms with E-state index in [1.54, 1.807) is 0 Å². The highest BCUT2D eigenvalue weighted by Crippen LogP contribution is 2.33. The number of hydrogen-bond donors (Lipinski definition) is 1. The number of fused-ring (bicyclic) bond motifs is 2. The van der Waals surface area contributed by atoms with E-state index in [9.17, 15) is 4.79 Å². The summed E-state index contributed by atoms with van der Waals surface area (Å²) >= 11 is 0. The van der Waals surface area contributed by atoms with Crippen molar-refractivity contribution >= 4 is 11.7 Å². The van der Waals surface area contributed by atoms with Crippen molar-refractivity contribution in [2.75, 3.05) is 12.1 Å². The lowest BCUT2D eigenvalue weighted by molar-refractivity contribution is -0.115. The van der Waals surface area contributed by atoms with Crippen LogP contribution in [0.5, 0.6) is 11.5 Å². The van der Waals surface area contributed by atoms with Crippen LogP contribution in [0, 0.1) is 0 Å². The number of nitrogens with one attached hydrogen (secondary N) is 1. The van der Waals surface area contributed by atoms with Crippen LogP contribution in [-0.4, -0.2) is 22.5 Å². The lowest BCUT2D eigenvalue weighted by atomic mass is 10.1. The number of aromatic nitrogens is 2. The molecule has 1 aliphatic heterocycles. The van der Waals surface area contributed by atoms with E-state index in [1.165, 1.54) is 0 Å². The first-order valence-corrected chi connectivity index (χ1v) is 9.12. The van der Waals surface area contributed by atoms with Crippen molar-refractivity contribution in [1.29, 1.82) is 0 Å². The summed E-state index contributed by atoms with van der Waals surface area (Å²) in [5.41, 5.74) is 4.07. The van der Waals surface area contributed by atoms with Crippen LogP contribution in [0.15, 0.2) is 48.5 Å². The minimum absolute atomic E-state index is 0.0688. The van der Waals surface area contributed by atoms with Gasteiger partial charge < -0.3 is 14.8 Å². The van der Waals surface area contributed by atoms with E-state index in [0.29, 0.717) is 5.75 Å². The average Bonchev–Trinajstić information content (AvgIpc) is 3.39. The maximum absolute atomic E-state index is 12.7. The molecule has 1 N–H and O–H groups in total. The normalized spacial score (nSPS) is 14.2. The van der Waals surface area contributed by atoms with E-state index in [2.05, 4.69) is 5.32 Å². The molecule has 1 aromatic heterocycles. The molecular weight excluding hydrogens is 342 g/mol. The number of anilines is 1. The van der Waals surface area contributed by atoms with Crippen LogP contribution >= 0.6 is 0 Å². The Bertz CT molecular complexity index is 1010. The zero-order chi connectivity index (χ0) is 18.2. The molecule has 0 radical (unpaired) electrons. The van der Waals surface area contributed by atoms with E-state index in [-0.39, 0.29) is 19.1 Å². The molecule has 5 rings (SSSR count). The minimum atomic E-state index is -0.0688. The molecule has 0 bridgehead atoms. The average molecular weight is 361 g/mol. The number of amides is 1. The molecule has 0 saturated carbocycles. The Morgan fingerprint density at radius 2 is 1.93 bits per heavy atom. The number of rotatable bonds is 4. The van der Waals surface area contributed by atoms with E-state index in [0.717, 1.165) is 53.3 Å². The third kappa shape index (κ3) is 2.93. The number of hydrogen-bond acceptors (Lipinski definition) is 4. The molecule has 27 heavy (non-hydrogen) atoms. The molecule has 2 aromatic carbocycles. The van der Waals surface area contributed by atoms with Crippen molar-refractivity contribution < 1.29 is 14.3 Å². The van der Waals surface area contributed by atoms with Gasteiger partial charge in [0.15, 0.2) is 11.5 Å². The first kappa shape index (κ1) is 15.9. The molecule has 3 aromatic rings. The van der Waals surface area contributed by atoms with Gasteiger partial charge in [-0.1, -0.05) is 24.3 Å². The molecule has 0 fully saturated rings. The van der Waals surface area contributed by atoms with Crippen LogP contribution in [-0.2, 0) is 24.1 Å². The predicted octanol–water partition coefficient (Wildman–Crippen LogP) is 3.27. The van der Waals surface area contributed by atoms with Crippen molar-refractivity contribution in [3.05, 3.63) is 65.4 Å². The monoisotopic (exact) mass is 361 g/mol. The molecule has 1 aliphatic carbocycles. The third-order valence-electron chi connectivity index (χ3n) is 4.97. The SMILES string of the molecule is O=C(Cc1ccc2c(c1)OCO2)Nc1c2c(nn1-c1ccccc1)CCC2. The van der Waals surface area contributed by atoms with Gasteiger partial charge in [-0.3, -0.25) is 4.79 Å². The summed E-state index contributed by atoms with van der Waals surface area (Å²) in [6.07, 6.45) is 3.26. The van der Waals surface area contributed by atoms with Gasteiger partial charge in [-0.05, 0) is 49.1 Å². The molecule has 2 aliphatic rings. The van der Waals surface area contributed by atoms with Gasteiger partial charge in [0.1, 0.15) is 5.82 Å². The third-order valence-corrected chi connectivity index (χ3v) is 4.97. The van der Waals surface area contributed by atoms with Gasteiger partial charge in [0, 0.05) is 5.56 Å². The van der Waals surface area contributed by atoms with Gasteiger partial charge in [-0.25, -0.2) is 4.68 Å². The largest absolute Gasteiger partial charge is 0.454 e. The van der Waals surface area contributed by atoms with Crippen molar-refractivity contribution in [3.63, 3.8) is 0 Å². The lowest BCUT2D eigenvalue weighted by Gasteiger charge is -2.11. The highest BCUT2D eigenvalue weighted by molar-refractivity contribution is 5.92. The maximum atomic E-state index is 12.7. The maximum Gasteiger partial charge on any atom is 0.231 e.